The molecule has 73 heavy (non-hydrogen) atoms. The van der Waals surface area contributed by atoms with Gasteiger partial charge in [0, 0.05) is 19.5 Å². The quantitative estimate of drug-likeness (QED) is 0.0314. The van der Waals surface area contributed by atoms with E-state index >= 15 is 0 Å². The highest BCUT2D eigenvalue weighted by atomic mass is 16.7. The zero-order chi connectivity index (χ0) is 52.9. The van der Waals surface area contributed by atoms with Gasteiger partial charge in [0.1, 0.15) is 36.5 Å². The first-order valence-corrected chi connectivity index (χ1v) is 29.1. The molecular weight excluding hydrogens is 925 g/mol. The number of aliphatic hydroxyl groups excluding tert-OH is 3. The number of carbonyl (C=O) groups excluding carboxylic acids is 2. The molecule has 0 radical (unpaired) electrons. The van der Waals surface area contributed by atoms with E-state index in [0.717, 1.165) is 50.5 Å². The maximum Gasteiger partial charge on any atom is 0.335 e. The first-order valence-electron chi connectivity index (χ1n) is 29.1. The molecule has 0 bridgehead atoms. The smallest absolute Gasteiger partial charge is 0.335 e. The maximum absolute atomic E-state index is 14.7. The fourth-order valence-corrected chi connectivity index (χ4v) is 9.68. The zero-order valence-corrected chi connectivity index (χ0v) is 45.8. The van der Waals surface area contributed by atoms with E-state index in [0.29, 0.717) is 19.4 Å². The third kappa shape index (κ3) is 27.6. The first kappa shape index (κ1) is 63.5. The van der Waals surface area contributed by atoms with Crippen LogP contribution in [0.2, 0.25) is 0 Å². The minimum atomic E-state index is -1.89. The molecule has 1 fully saturated rings. The number of benzene rings is 2. The molecule has 1 aliphatic heterocycles. The van der Waals surface area contributed by atoms with Crippen molar-refractivity contribution in [2.75, 3.05) is 18.6 Å². The fourth-order valence-electron chi connectivity index (χ4n) is 9.68. The number of aliphatic carboxylic acids is 1. The molecule has 3 rings (SSSR count). The molecule has 7 unspecified atom stereocenters. The van der Waals surface area contributed by atoms with Gasteiger partial charge in [-0.2, -0.15) is 0 Å². The van der Waals surface area contributed by atoms with Crippen molar-refractivity contribution in [1.29, 1.82) is 0 Å². The number of hydrogen-bond acceptors (Lipinski definition) is 10. The van der Waals surface area contributed by atoms with Gasteiger partial charge in [0.15, 0.2) is 12.2 Å². The van der Waals surface area contributed by atoms with E-state index in [1.807, 2.05) is 25.1 Å². The molecule has 1 aliphatic rings. The molecule has 1 heterocycles. The Morgan fingerprint density at radius 3 is 1.59 bits per heavy atom. The number of carbonyl (C=O) groups is 3. The molecule has 0 spiro atoms. The van der Waals surface area contributed by atoms with Crippen molar-refractivity contribution >= 4 is 23.5 Å². The number of ether oxygens (including phenoxy) is 4. The monoisotopic (exact) mass is 1020 g/mol. The van der Waals surface area contributed by atoms with Gasteiger partial charge in [-0.25, -0.2) is 4.79 Å². The molecule has 2 aromatic carbocycles. The van der Waals surface area contributed by atoms with Crippen LogP contribution in [0.5, 0.6) is 11.5 Å². The normalized spacial score (nSPS) is 18.5. The predicted molar refractivity (Wildman–Crippen MR) is 292 cm³/mol. The zero-order valence-electron chi connectivity index (χ0n) is 45.8. The molecular formula is C60H100N2O11. The Balaban J connectivity index is 1.57. The van der Waals surface area contributed by atoms with E-state index in [-0.39, 0.29) is 35.9 Å². The van der Waals surface area contributed by atoms with Gasteiger partial charge in [0.2, 0.25) is 12.2 Å². The maximum atomic E-state index is 14.7. The largest absolute Gasteiger partial charge is 0.481 e. The molecule has 416 valence electrons. The third-order valence-corrected chi connectivity index (χ3v) is 14.2. The number of nitrogens with one attached hydrogen (secondary N) is 1. The van der Waals surface area contributed by atoms with Gasteiger partial charge < -0.3 is 49.6 Å². The van der Waals surface area contributed by atoms with Crippen LogP contribution in [0.1, 0.15) is 232 Å². The summed E-state index contributed by atoms with van der Waals surface area (Å²) in [6, 6.07) is 14.7. The van der Waals surface area contributed by atoms with Crippen molar-refractivity contribution in [3.05, 3.63) is 54.1 Å². The molecule has 0 aliphatic carbocycles. The Labute approximate surface area is 440 Å². The molecule has 7 atom stereocenters. The number of unbranched alkanes of at least 4 members (excludes halogenated alkanes) is 28. The lowest BCUT2D eigenvalue weighted by atomic mass is 9.99. The van der Waals surface area contributed by atoms with E-state index in [1.165, 1.54) is 167 Å². The van der Waals surface area contributed by atoms with Crippen molar-refractivity contribution in [3.8, 4) is 11.5 Å². The number of aliphatic hydroxyl groups is 3. The standard InChI is InChI=1S/C60H100N2O11/c1-5-7-9-11-13-14-15-16-17-18-19-20-21-22-23-24-25-26-27-28-30-32-37-43-62(46-70-47(3)44-49-38-34-33-35-39-49)58(67)53(40-36-31-29-12-10-8-6-2)71-50-41-42-52(51(45-50)61-48(4)63)72-60-56(66)54(64)55(65)57(73-60)59(68)69/h33-35,38-39,41-42,45,47,53-57,60,64-66H,5-32,36-37,40,43-44,46H2,1-4H3,(H,61,63)(H,68,69). The second-order valence-electron chi connectivity index (χ2n) is 20.9. The Kier molecular flexibility index (Phi) is 34.5. The van der Waals surface area contributed by atoms with Crippen molar-refractivity contribution in [3.63, 3.8) is 0 Å². The highest BCUT2D eigenvalue weighted by molar-refractivity contribution is 5.90. The first-order chi connectivity index (χ1) is 35.4. The summed E-state index contributed by atoms with van der Waals surface area (Å²) in [4.78, 5) is 40.7. The number of hydrogen-bond donors (Lipinski definition) is 5. The average molecular weight is 1030 g/mol. The summed E-state index contributed by atoms with van der Waals surface area (Å²) in [5.41, 5.74) is 1.26. The summed E-state index contributed by atoms with van der Waals surface area (Å²) < 4.78 is 24.1. The van der Waals surface area contributed by atoms with Gasteiger partial charge in [0.25, 0.3) is 5.91 Å². The molecule has 13 nitrogen and oxygen atoms in total. The van der Waals surface area contributed by atoms with E-state index in [9.17, 15) is 34.8 Å². The summed E-state index contributed by atoms with van der Waals surface area (Å²) in [7, 11) is 0. The van der Waals surface area contributed by atoms with E-state index in [4.69, 9.17) is 18.9 Å². The van der Waals surface area contributed by atoms with Crippen LogP contribution in [-0.4, -0.2) is 99.3 Å². The van der Waals surface area contributed by atoms with Crippen molar-refractivity contribution in [2.45, 2.75) is 276 Å². The Hall–Kier alpha value is -3.75. The minimum Gasteiger partial charge on any atom is -0.481 e. The molecule has 2 aromatic rings. The molecule has 0 saturated carbocycles. The van der Waals surface area contributed by atoms with Crippen LogP contribution in [0.15, 0.2) is 48.5 Å². The van der Waals surface area contributed by atoms with Gasteiger partial charge in [0.05, 0.1) is 11.8 Å². The second kappa shape index (κ2) is 39.6. The number of anilines is 1. The average Bonchev–Trinajstić information content (AvgIpc) is 3.37. The van der Waals surface area contributed by atoms with Crippen molar-refractivity contribution < 1.29 is 53.8 Å². The predicted octanol–water partition coefficient (Wildman–Crippen LogP) is 13.2. The number of amides is 2. The summed E-state index contributed by atoms with van der Waals surface area (Å²) in [6.45, 7) is 8.45. The lowest BCUT2D eigenvalue weighted by Gasteiger charge is -2.38. The van der Waals surface area contributed by atoms with Crippen LogP contribution < -0.4 is 14.8 Å². The topological polar surface area (TPSA) is 184 Å². The van der Waals surface area contributed by atoms with Crippen molar-refractivity contribution in [2.24, 2.45) is 0 Å². The Morgan fingerprint density at radius 1 is 0.630 bits per heavy atom. The Bertz CT molecular complexity index is 1730. The van der Waals surface area contributed by atoms with Gasteiger partial charge in [-0.05, 0) is 50.3 Å². The molecule has 5 N–H and O–H groups in total. The highest BCUT2D eigenvalue weighted by Gasteiger charge is 2.48. The molecule has 1 saturated heterocycles. The van der Waals surface area contributed by atoms with Crippen LogP contribution in [0.3, 0.4) is 0 Å². The number of nitrogens with zero attached hydrogens (tertiary/aromatic N) is 1. The number of rotatable bonds is 44. The number of carboxylic acid groups (broad SMARTS) is 1. The summed E-state index contributed by atoms with van der Waals surface area (Å²) in [6.07, 6.45) is 28.8. The third-order valence-electron chi connectivity index (χ3n) is 14.2. The highest BCUT2D eigenvalue weighted by Crippen LogP contribution is 2.34. The van der Waals surface area contributed by atoms with Gasteiger partial charge >= 0.3 is 5.97 Å². The SMILES string of the molecule is CCCCCCCCCCCCCCCCCCCCCCCCCN(COC(C)Cc1ccccc1)C(=O)C(CCCCCCCCC)Oc1ccc(OC2OC(C(=O)O)C(O)C(O)C2O)c(NC(C)=O)c1. The van der Waals surface area contributed by atoms with Gasteiger partial charge in [-0.3, -0.25) is 9.59 Å². The molecule has 0 aromatic heterocycles. The lowest BCUT2D eigenvalue weighted by molar-refractivity contribution is -0.271. The van der Waals surface area contributed by atoms with Crippen LogP contribution in [0.4, 0.5) is 5.69 Å². The lowest BCUT2D eigenvalue weighted by Crippen LogP contribution is -2.61. The van der Waals surface area contributed by atoms with Gasteiger partial charge in [-0.1, -0.05) is 224 Å². The summed E-state index contributed by atoms with van der Waals surface area (Å²) in [5.74, 6) is -1.92. The van der Waals surface area contributed by atoms with Crippen LogP contribution in [0.25, 0.3) is 0 Å². The van der Waals surface area contributed by atoms with Gasteiger partial charge in [-0.15, -0.1) is 0 Å². The van der Waals surface area contributed by atoms with E-state index in [1.54, 1.807) is 11.0 Å². The second-order valence-corrected chi connectivity index (χ2v) is 20.9. The molecule has 2 amide bonds. The van der Waals surface area contributed by atoms with E-state index in [2.05, 4.69) is 31.3 Å². The van der Waals surface area contributed by atoms with E-state index < -0.39 is 48.7 Å². The molecule has 13 heteroatoms. The minimum absolute atomic E-state index is 0.0167. The van der Waals surface area contributed by atoms with Crippen LogP contribution >= 0.6 is 0 Å². The van der Waals surface area contributed by atoms with Crippen LogP contribution in [-0.2, 0) is 30.3 Å². The van der Waals surface area contributed by atoms with Crippen LogP contribution in [0, 0.1) is 0 Å². The summed E-state index contributed by atoms with van der Waals surface area (Å²) in [5, 5.41) is 43.4. The number of carboxylic acids is 1. The Morgan fingerprint density at radius 2 is 1.11 bits per heavy atom. The fraction of sp³-hybridized carbons (Fsp3) is 0.750. The summed E-state index contributed by atoms with van der Waals surface area (Å²) >= 11 is 0. The van der Waals surface area contributed by atoms with Crippen molar-refractivity contribution in [1.82, 2.24) is 4.90 Å².